The Morgan fingerprint density at radius 3 is 2.11 bits per heavy atom. The first-order valence-electron chi connectivity index (χ1n) is 9.03. The van der Waals surface area contributed by atoms with E-state index in [2.05, 4.69) is 36.4 Å². The predicted molar refractivity (Wildman–Crippen MR) is 104 cm³/mol. The summed E-state index contributed by atoms with van der Waals surface area (Å²) < 4.78 is 26.3. The van der Waals surface area contributed by atoms with E-state index in [9.17, 15) is 18.4 Å². The number of amides is 2. The lowest BCUT2D eigenvalue weighted by molar-refractivity contribution is -0.120. The number of carbonyl (C=O) groups is 2. The fraction of sp³-hybridized carbons (Fsp3) is 0.333. The zero-order chi connectivity index (χ0) is 20.7. The van der Waals surface area contributed by atoms with Crippen molar-refractivity contribution < 1.29 is 18.4 Å². The number of nitrogens with one attached hydrogen (secondary N) is 2. The normalized spacial score (nSPS) is 11.0. The zero-order valence-corrected chi connectivity index (χ0v) is 16.3. The molecule has 0 radical (unpaired) electrons. The Balaban J connectivity index is 1.78. The molecule has 0 heterocycles. The van der Waals surface area contributed by atoms with E-state index in [1.54, 1.807) is 0 Å². The highest BCUT2D eigenvalue weighted by atomic mass is 19.1. The summed E-state index contributed by atoms with van der Waals surface area (Å²) in [5.74, 6) is -2.81. The van der Waals surface area contributed by atoms with Crippen molar-refractivity contribution >= 4 is 11.8 Å². The minimum atomic E-state index is -0.849. The molecule has 0 aliphatic rings. The molecule has 5 nitrogen and oxygen atoms in total. The van der Waals surface area contributed by atoms with Crippen LogP contribution in [-0.2, 0) is 17.9 Å². The molecule has 0 spiro atoms. The van der Waals surface area contributed by atoms with Crippen molar-refractivity contribution in [3.8, 4) is 0 Å². The highest BCUT2D eigenvalue weighted by molar-refractivity contribution is 5.96. The van der Waals surface area contributed by atoms with Crippen molar-refractivity contribution in [1.29, 1.82) is 0 Å². The molecule has 150 valence electrons. The molecule has 2 rings (SSSR count). The van der Waals surface area contributed by atoms with Gasteiger partial charge in [-0.1, -0.05) is 24.3 Å². The molecule has 0 saturated heterocycles. The van der Waals surface area contributed by atoms with Gasteiger partial charge in [-0.2, -0.15) is 0 Å². The number of halogens is 2. The van der Waals surface area contributed by atoms with Crippen molar-refractivity contribution in [2.45, 2.75) is 33.0 Å². The molecular weight excluding hydrogens is 364 g/mol. The maximum Gasteiger partial charge on any atom is 0.251 e. The van der Waals surface area contributed by atoms with Crippen LogP contribution in [-0.4, -0.2) is 36.3 Å². The maximum atomic E-state index is 13.1. The standard InChI is InChI=1S/C21H25F2N3O2/c1-14(2)26(3)13-16-6-4-15(5-7-16)11-24-20(27)12-25-21(28)17-8-18(22)10-19(23)9-17/h4-10,14H,11-13H2,1-3H3,(H,24,27)(H,25,28). The fourth-order valence-electron chi connectivity index (χ4n) is 2.44. The quantitative estimate of drug-likeness (QED) is 0.730. The van der Waals surface area contributed by atoms with Gasteiger partial charge < -0.3 is 10.6 Å². The first kappa shape index (κ1) is 21.5. The summed E-state index contributed by atoms with van der Waals surface area (Å²) in [4.78, 5) is 26.0. The van der Waals surface area contributed by atoms with Gasteiger partial charge in [0.25, 0.3) is 5.91 Å². The smallest absolute Gasteiger partial charge is 0.251 e. The Morgan fingerprint density at radius 2 is 1.54 bits per heavy atom. The second-order valence-corrected chi connectivity index (χ2v) is 6.94. The Kier molecular flexibility index (Phi) is 7.63. The molecule has 2 N–H and O–H groups in total. The van der Waals surface area contributed by atoms with E-state index in [1.807, 2.05) is 24.3 Å². The van der Waals surface area contributed by atoms with E-state index in [-0.39, 0.29) is 12.1 Å². The average Bonchev–Trinajstić information content (AvgIpc) is 2.64. The first-order valence-corrected chi connectivity index (χ1v) is 9.03. The van der Waals surface area contributed by atoms with Crippen molar-refractivity contribution in [2.75, 3.05) is 13.6 Å². The van der Waals surface area contributed by atoms with Gasteiger partial charge >= 0.3 is 0 Å². The van der Waals surface area contributed by atoms with Crippen LogP contribution in [0.25, 0.3) is 0 Å². The Bertz CT molecular complexity index is 803. The van der Waals surface area contributed by atoms with Crippen molar-refractivity contribution in [2.24, 2.45) is 0 Å². The third-order valence-electron chi connectivity index (χ3n) is 4.36. The van der Waals surface area contributed by atoms with Gasteiger partial charge in [0.05, 0.1) is 6.54 Å². The molecule has 2 amide bonds. The Hall–Kier alpha value is -2.80. The van der Waals surface area contributed by atoms with Gasteiger partial charge in [-0.25, -0.2) is 8.78 Å². The van der Waals surface area contributed by atoms with Crippen LogP contribution in [0.4, 0.5) is 8.78 Å². The number of benzene rings is 2. The highest BCUT2D eigenvalue weighted by Gasteiger charge is 2.11. The van der Waals surface area contributed by atoms with Gasteiger partial charge in [-0.05, 0) is 44.2 Å². The van der Waals surface area contributed by atoms with Crippen LogP contribution < -0.4 is 10.6 Å². The molecule has 0 fully saturated rings. The minimum absolute atomic E-state index is 0.174. The molecular formula is C21H25F2N3O2. The van der Waals surface area contributed by atoms with Gasteiger partial charge in [-0.3, -0.25) is 14.5 Å². The lowest BCUT2D eigenvalue weighted by atomic mass is 10.1. The third-order valence-corrected chi connectivity index (χ3v) is 4.36. The summed E-state index contributed by atoms with van der Waals surface area (Å²) in [5, 5.41) is 5.04. The summed E-state index contributed by atoms with van der Waals surface area (Å²) in [6.07, 6.45) is 0. The number of hydrogen-bond donors (Lipinski definition) is 2. The molecule has 0 aliphatic carbocycles. The lowest BCUT2D eigenvalue weighted by Crippen LogP contribution is -2.36. The molecule has 2 aromatic rings. The maximum absolute atomic E-state index is 13.1. The minimum Gasteiger partial charge on any atom is -0.350 e. The van der Waals surface area contributed by atoms with E-state index in [0.717, 1.165) is 24.2 Å². The van der Waals surface area contributed by atoms with Gasteiger partial charge in [0.1, 0.15) is 11.6 Å². The van der Waals surface area contributed by atoms with Crippen molar-refractivity contribution in [3.63, 3.8) is 0 Å². The number of hydrogen-bond acceptors (Lipinski definition) is 3. The van der Waals surface area contributed by atoms with Crippen LogP contribution in [0.15, 0.2) is 42.5 Å². The molecule has 0 unspecified atom stereocenters. The summed E-state index contributed by atoms with van der Waals surface area (Å²) in [6, 6.07) is 10.9. The number of nitrogens with zero attached hydrogens (tertiary/aromatic N) is 1. The average molecular weight is 389 g/mol. The second kappa shape index (κ2) is 9.94. The van der Waals surface area contributed by atoms with E-state index < -0.39 is 23.4 Å². The summed E-state index contributed by atoms with van der Waals surface area (Å²) in [6.45, 7) is 5.15. The summed E-state index contributed by atoms with van der Waals surface area (Å²) >= 11 is 0. The molecule has 0 saturated carbocycles. The largest absolute Gasteiger partial charge is 0.350 e. The third kappa shape index (κ3) is 6.74. The summed E-state index contributed by atoms with van der Waals surface area (Å²) in [7, 11) is 2.06. The van der Waals surface area contributed by atoms with Crippen LogP contribution in [0, 0.1) is 11.6 Å². The summed E-state index contributed by atoms with van der Waals surface area (Å²) in [5.41, 5.74) is 1.94. The molecule has 28 heavy (non-hydrogen) atoms. The molecule has 2 aromatic carbocycles. The van der Waals surface area contributed by atoms with Crippen LogP contribution in [0.2, 0.25) is 0 Å². The van der Waals surface area contributed by atoms with Gasteiger partial charge in [0.2, 0.25) is 5.91 Å². The van der Waals surface area contributed by atoms with E-state index in [0.29, 0.717) is 18.7 Å². The fourth-order valence-corrected chi connectivity index (χ4v) is 2.44. The lowest BCUT2D eigenvalue weighted by Gasteiger charge is -2.21. The van der Waals surface area contributed by atoms with Crippen LogP contribution >= 0.6 is 0 Å². The van der Waals surface area contributed by atoms with Crippen molar-refractivity contribution in [1.82, 2.24) is 15.5 Å². The molecule has 0 bridgehead atoms. The number of carbonyl (C=O) groups excluding carboxylic acids is 2. The van der Waals surface area contributed by atoms with Crippen molar-refractivity contribution in [3.05, 3.63) is 70.8 Å². The first-order chi connectivity index (χ1) is 13.2. The molecule has 0 aromatic heterocycles. The van der Waals surface area contributed by atoms with E-state index in [1.165, 1.54) is 5.56 Å². The topological polar surface area (TPSA) is 61.4 Å². The number of rotatable bonds is 8. The predicted octanol–water partition coefficient (Wildman–Crippen LogP) is 2.85. The van der Waals surface area contributed by atoms with Crippen LogP contribution in [0.1, 0.15) is 35.3 Å². The van der Waals surface area contributed by atoms with E-state index >= 15 is 0 Å². The van der Waals surface area contributed by atoms with Crippen LogP contribution in [0.3, 0.4) is 0 Å². The Labute approximate surface area is 163 Å². The molecule has 0 aliphatic heterocycles. The molecule has 7 heteroatoms. The van der Waals surface area contributed by atoms with Crippen LogP contribution in [0.5, 0.6) is 0 Å². The van der Waals surface area contributed by atoms with Gasteiger partial charge in [-0.15, -0.1) is 0 Å². The monoisotopic (exact) mass is 389 g/mol. The second-order valence-electron chi connectivity index (χ2n) is 6.94. The van der Waals surface area contributed by atoms with Gasteiger partial charge in [0.15, 0.2) is 0 Å². The zero-order valence-electron chi connectivity index (χ0n) is 16.3. The van der Waals surface area contributed by atoms with Gasteiger partial charge in [0, 0.05) is 30.8 Å². The Morgan fingerprint density at radius 1 is 0.964 bits per heavy atom. The highest BCUT2D eigenvalue weighted by Crippen LogP contribution is 2.09. The van der Waals surface area contributed by atoms with E-state index in [4.69, 9.17) is 0 Å². The SMILES string of the molecule is CC(C)N(C)Cc1ccc(CNC(=O)CNC(=O)c2cc(F)cc(F)c2)cc1. The molecule has 0 atom stereocenters.